The van der Waals surface area contributed by atoms with E-state index in [1.807, 2.05) is 12.1 Å². The van der Waals surface area contributed by atoms with Crippen LogP contribution >= 0.6 is 0 Å². The lowest BCUT2D eigenvalue weighted by Crippen LogP contribution is -2.21. The molecule has 24 heavy (non-hydrogen) atoms. The first-order valence-electron chi connectivity index (χ1n) is 10.3. The predicted molar refractivity (Wildman–Crippen MR) is 105 cm³/mol. The van der Waals surface area contributed by atoms with Crippen molar-refractivity contribution >= 4 is 11.4 Å². The van der Waals surface area contributed by atoms with Gasteiger partial charge in [-0.25, -0.2) is 0 Å². The van der Waals surface area contributed by atoms with E-state index in [0.29, 0.717) is 11.8 Å². The summed E-state index contributed by atoms with van der Waals surface area (Å²) in [6.07, 6.45) is 13.7. The highest BCUT2D eigenvalue weighted by molar-refractivity contribution is 5.64. The molecule has 2 unspecified atom stereocenters. The van der Waals surface area contributed by atoms with Crippen molar-refractivity contribution in [1.29, 1.82) is 0 Å². The Labute approximate surface area is 148 Å². The molecule has 2 heteroatoms. The fourth-order valence-corrected chi connectivity index (χ4v) is 5.43. The molecule has 2 fully saturated rings. The molecule has 4 N–H and O–H groups in total. The zero-order chi connectivity index (χ0) is 17.1. The zero-order valence-corrected chi connectivity index (χ0v) is 15.7. The SMILES string of the molecule is CC(c1c(N)ccc(N)c1C(C)C1CCCCC1)C1CCCCC1. The summed E-state index contributed by atoms with van der Waals surface area (Å²) in [5, 5.41) is 0. The molecule has 0 amide bonds. The van der Waals surface area contributed by atoms with Gasteiger partial charge in [0.1, 0.15) is 0 Å². The van der Waals surface area contributed by atoms with Gasteiger partial charge in [0.2, 0.25) is 0 Å². The van der Waals surface area contributed by atoms with Gasteiger partial charge in [0.25, 0.3) is 0 Å². The normalized spacial score (nSPS) is 23.1. The van der Waals surface area contributed by atoms with E-state index in [0.717, 1.165) is 23.2 Å². The first-order valence-corrected chi connectivity index (χ1v) is 10.3. The Morgan fingerprint density at radius 3 is 1.33 bits per heavy atom. The third-order valence-electron chi connectivity index (χ3n) is 6.98. The Bertz CT molecular complexity index is 490. The van der Waals surface area contributed by atoms with Crippen LogP contribution < -0.4 is 11.5 Å². The van der Waals surface area contributed by atoms with E-state index < -0.39 is 0 Å². The van der Waals surface area contributed by atoms with Gasteiger partial charge in [0.15, 0.2) is 0 Å². The van der Waals surface area contributed by atoms with Crippen LogP contribution in [0.4, 0.5) is 11.4 Å². The molecule has 2 saturated carbocycles. The van der Waals surface area contributed by atoms with Crippen molar-refractivity contribution in [2.75, 3.05) is 11.5 Å². The minimum absolute atomic E-state index is 0.537. The average Bonchev–Trinajstić information content (AvgIpc) is 2.63. The average molecular weight is 329 g/mol. The van der Waals surface area contributed by atoms with Gasteiger partial charge in [-0.2, -0.15) is 0 Å². The van der Waals surface area contributed by atoms with Crippen LogP contribution in [-0.2, 0) is 0 Å². The lowest BCUT2D eigenvalue weighted by Gasteiger charge is -2.35. The molecule has 2 aliphatic rings. The minimum Gasteiger partial charge on any atom is -0.398 e. The Kier molecular flexibility index (Phi) is 5.73. The van der Waals surface area contributed by atoms with Gasteiger partial charge >= 0.3 is 0 Å². The Morgan fingerprint density at radius 2 is 1.00 bits per heavy atom. The first-order chi connectivity index (χ1) is 11.6. The van der Waals surface area contributed by atoms with Crippen LogP contribution in [0, 0.1) is 11.8 Å². The number of hydrogen-bond acceptors (Lipinski definition) is 2. The molecule has 0 bridgehead atoms. The van der Waals surface area contributed by atoms with Gasteiger partial charge < -0.3 is 11.5 Å². The Balaban J connectivity index is 1.93. The maximum atomic E-state index is 6.51. The third kappa shape index (κ3) is 3.58. The van der Waals surface area contributed by atoms with Gasteiger partial charge in [-0.3, -0.25) is 0 Å². The molecule has 0 radical (unpaired) electrons. The number of nitrogens with two attached hydrogens (primary N) is 2. The Morgan fingerprint density at radius 1 is 0.667 bits per heavy atom. The van der Waals surface area contributed by atoms with Gasteiger partial charge in [0, 0.05) is 11.4 Å². The maximum absolute atomic E-state index is 6.51. The molecule has 0 heterocycles. The lowest BCUT2D eigenvalue weighted by molar-refractivity contribution is 0.302. The third-order valence-corrected chi connectivity index (χ3v) is 6.98. The number of hydrogen-bond donors (Lipinski definition) is 2. The molecule has 0 saturated heterocycles. The fourth-order valence-electron chi connectivity index (χ4n) is 5.43. The van der Waals surface area contributed by atoms with Crippen LogP contribution in [0.1, 0.15) is 101 Å². The molecule has 2 atom stereocenters. The molecule has 2 nitrogen and oxygen atoms in total. The molecule has 134 valence electrons. The molecule has 1 aromatic rings. The topological polar surface area (TPSA) is 52.0 Å². The number of nitrogen functional groups attached to an aromatic ring is 2. The molecular formula is C22H36N2. The van der Waals surface area contributed by atoms with E-state index in [1.54, 1.807) is 0 Å². The van der Waals surface area contributed by atoms with Crippen LogP contribution in [0.2, 0.25) is 0 Å². The smallest absolute Gasteiger partial charge is 0.0353 e. The molecule has 2 aliphatic carbocycles. The van der Waals surface area contributed by atoms with Gasteiger partial charge in [-0.15, -0.1) is 0 Å². The molecule has 1 aromatic carbocycles. The van der Waals surface area contributed by atoms with E-state index in [1.165, 1.54) is 75.3 Å². The van der Waals surface area contributed by atoms with Crippen LogP contribution in [0.5, 0.6) is 0 Å². The predicted octanol–water partition coefficient (Wildman–Crippen LogP) is 6.22. The second kappa shape index (κ2) is 7.80. The second-order valence-electron chi connectivity index (χ2n) is 8.44. The van der Waals surface area contributed by atoms with Crippen LogP contribution in [-0.4, -0.2) is 0 Å². The van der Waals surface area contributed by atoms with Gasteiger partial charge in [-0.05, 0) is 72.6 Å². The monoisotopic (exact) mass is 328 g/mol. The number of rotatable bonds is 4. The van der Waals surface area contributed by atoms with E-state index in [-0.39, 0.29) is 0 Å². The van der Waals surface area contributed by atoms with Crippen molar-refractivity contribution < 1.29 is 0 Å². The maximum Gasteiger partial charge on any atom is 0.0353 e. The molecule has 0 spiro atoms. The van der Waals surface area contributed by atoms with Crippen molar-refractivity contribution in [1.82, 2.24) is 0 Å². The first kappa shape index (κ1) is 17.6. The minimum atomic E-state index is 0.537. The summed E-state index contributed by atoms with van der Waals surface area (Å²) >= 11 is 0. The van der Waals surface area contributed by atoms with E-state index in [4.69, 9.17) is 11.5 Å². The second-order valence-corrected chi connectivity index (χ2v) is 8.44. The summed E-state index contributed by atoms with van der Waals surface area (Å²) in [5.41, 5.74) is 17.7. The summed E-state index contributed by atoms with van der Waals surface area (Å²) in [4.78, 5) is 0. The fraction of sp³-hybridized carbons (Fsp3) is 0.727. The van der Waals surface area contributed by atoms with Crippen molar-refractivity contribution in [2.24, 2.45) is 11.8 Å². The van der Waals surface area contributed by atoms with Gasteiger partial charge in [0.05, 0.1) is 0 Å². The van der Waals surface area contributed by atoms with Crippen molar-refractivity contribution in [3.8, 4) is 0 Å². The molecule has 0 aromatic heterocycles. The number of anilines is 2. The summed E-state index contributed by atoms with van der Waals surface area (Å²) < 4.78 is 0. The summed E-state index contributed by atoms with van der Waals surface area (Å²) in [7, 11) is 0. The summed E-state index contributed by atoms with van der Waals surface area (Å²) in [5.74, 6) is 2.63. The number of benzene rings is 1. The summed E-state index contributed by atoms with van der Waals surface area (Å²) in [6, 6.07) is 4.09. The molecule has 0 aliphatic heterocycles. The largest absolute Gasteiger partial charge is 0.398 e. The molecule has 3 rings (SSSR count). The Hall–Kier alpha value is -1.18. The van der Waals surface area contributed by atoms with Crippen molar-refractivity contribution in [3.63, 3.8) is 0 Å². The van der Waals surface area contributed by atoms with Crippen LogP contribution in [0.3, 0.4) is 0 Å². The van der Waals surface area contributed by atoms with Crippen molar-refractivity contribution in [2.45, 2.75) is 89.9 Å². The van der Waals surface area contributed by atoms with Crippen LogP contribution in [0.25, 0.3) is 0 Å². The standard InChI is InChI=1S/C22H36N2/c1-15(17-9-5-3-6-10-17)21-19(23)13-14-20(24)22(21)16(2)18-11-7-4-8-12-18/h13-18H,3-12,23-24H2,1-2H3. The van der Waals surface area contributed by atoms with E-state index in [2.05, 4.69) is 13.8 Å². The van der Waals surface area contributed by atoms with Crippen LogP contribution in [0.15, 0.2) is 12.1 Å². The highest BCUT2D eigenvalue weighted by Gasteiger charge is 2.30. The quantitative estimate of drug-likeness (QED) is 0.645. The lowest BCUT2D eigenvalue weighted by atomic mass is 9.71. The van der Waals surface area contributed by atoms with E-state index in [9.17, 15) is 0 Å². The van der Waals surface area contributed by atoms with Crippen molar-refractivity contribution in [3.05, 3.63) is 23.3 Å². The van der Waals surface area contributed by atoms with Gasteiger partial charge in [-0.1, -0.05) is 52.4 Å². The highest BCUT2D eigenvalue weighted by Crippen LogP contribution is 2.46. The zero-order valence-electron chi connectivity index (χ0n) is 15.7. The highest BCUT2D eigenvalue weighted by atomic mass is 14.6. The van der Waals surface area contributed by atoms with E-state index >= 15 is 0 Å². The molecular weight excluding hydrogens is 292 g/mol. The summed E-state index contributed by atoms with van der Waals surface area (Å²) in [6.45, 7) is 4.80.